The largest absolute Gasteiger partial charge is 0.461 e. The van der Waals surface area contributed by atoms with Crippen molar-refractivity contribution >= 4 is 17.5 Å². The average Bonchev–Trinajstić information content (AvgIpc) is 3.23. The van der Waals surface area contributed by atoms with Crippen molar-refractivity contribution in [3.63, 3.8) is 0 Å². The van der Waals surface area contributed by atoms with E-state index in [1.54, 1.807) is 24.9 Å². The predicted molar refractivity (Wildman–Crippen MR) is 113 cm³/mol. The van der Waals surface area contributed by atoms with Gasteiger partial charge >= 0.3 is 0 Å². The van der Waals surface area contributed by atoms with Gasteiger partial charge in [0, 0.05) is 17.9 Å². The van der Waals surface area contributed by atoms with E-state index in [0.29, 0.717) is 5.92 Å². The first kappa shape index (κ1) is 20.4. The van der Waals surface area contributed by atoms with Crippen LogP contribution in [-0.4, -0.2) is 20.5 Å². The highest BCUT2D eigenvalue weighted by Gasteiger charge is 2.19. The van der Waals surface area contributed by atoms with E-state index in [9.17, 15) is 4.79 Å². The Hall–Kier alpha value is -2.34. The Balaban J connectivity index is 1.94. The molecular formula is C22H27N3O2S. The van der Waals surface area contributed by atoms with Gasteiger partial charge in [-0.3, -0.25) is 9.36 Å². The molecule has 0 bridgehead atoms. The predicted octanol–water partition coefficient (Wildman–Crippen LogP) is 5.61. The maximum atomic E-state index is 12.1. The first-order valence-corrected chi connectivity index (χ1v) is 10.5. The van der Waals surface area contributed by atoms with Crippen molar-refractivity contribution in [3.8, 4) is 11.6 Å². The molecule has 3 rings (SSSR count). The zero-order valence-electron chi connectivity index (χ0n) is 17.4. The molecule has 0 amide bonds. The molecule has 5 nitrogen and oxygen atoms in total. The molecule has 6 heteroatoms. The van der Waals surface area contributed by atoms with Gasteiger partial charge in [-0.15, -0.1) is 10.2 Å². The highest BCUT2D eigenvalue weighted by molar-refractivity contribution is 7.98. The van der Waals surface area contributed by atoms with Gasteiger partial charge in [0.15, 0.2) is 22.5 Å². The monoisotopic (exact) mass is 397 g/mol. The molecule has 0 N–H and O–H groups in total. The molecule has 0 spiro atoms. The van der Waals surface area contributed by atoms with Crippen LogP contribution in [0.3, 0.4) is 0 Å². The number of furan rings is 1. The van der Waals surface area contributed by atoms with Crippen molar-refractivity contribution in [3.05, 3.63) is 52.3 Å². The SMILES string of the molecule is CC(=O)c1c(C)cc(C)c(CSc2nnc(-c3ccco3)n2CC(C)C)c1C. The maximum Gasteiger partial charge on any atom is 0.200 e. The van der Waals surface area contributed by atoms with Crippen LogP contribution < -0.4 is 0 Å². The first-order valence-electron chi connectivity index (χ1n) is 9.50. The lowest BCUT2D eigenvalue weighted by atomic mass is 9.92. The summed E-state index contributed by atoms with van der Waals surface area (Å²) in [5.74, 6) is 2.79. The quantitative estimate of drug-likeness (QED) is 0.383. The number of benzene rings is 1. The van der Waals surface area contributed by atoms with Gasteiger partial charge in [0.1, 0.15) is 0 Å². The summed E-state index contributed by atoms with van der Waals surface area (Å²) >= 11 is 1.65. The zero-order valence-corrected chi connectivity index (χ0v) is 18.2. The molecule has 2 aromatic heterocycles. The number of carbonyl (C=O) groups excluding carboxylic acids is 1. The van der Waals surface area contributed by atoms with E-state index in [1.165, 1.54) is 11.1 Å². The Bertz CT molecular complexity index is 988. The molecule has 0 aliphatic rings. The van der Waals surface area contributed by atoms with E-state index in [2.05, 4.69) is 41.6 Å². The van der Waals surface area contributed by atoms with Gasteiger partial charge in [0.25, 0.3) is 0 Å². The highest BCUT2D eigenvalue weighted by Crippen LogP contribution is 2.31. The van der Waals surface area contributed by atoms with Gasteiger partial charge in [-0.05, 0) is 68.0 Å². The van der Waals surface area contributed by atoms with Crippen LogP contribution in [0, 0.1) is 26.7 Å². The van der Waals surface area contributed by atoms with Gasteiger partial charge in [-0.1, -0.05) is 31.7 Å². The molecule has 3 aromatic rings. The molecule has 0 unspecified atom stereocenters. The van der Waals surface area contributed by atoms with Crippen LogP contribution in [-0.2, 0) is 12.3 Å². The second-order valence-corrected chi connectivity index (χ2v) is 8.56. The summed E-state index contributed by atoms with van der Waals surface area (Å²) in [5.41, 5.74) is 5.34. The molecule has 0 fully saturated rings. The topological polar surface area (TPSA) is 60.9 Å². The van der Waals surface area contributed by atoms with Crippen molar-refractivity contribution in [1.29, 1.82) is 0 Å². The Morgan fingerprint density at radius 2 is 1.96 bits per heavy atom. The fourth-order valence-electron chi connectivity index (χ4n) is 3.64. The third kappa shape index (κ3) is 4.07. The van der Waals surface area contributed by atoms with Gasteiger partial charge in [-0.25, -0.2) is 0 Å². The molecule has 2 heterocycles. The van der Waals surface area contributed by atoms with Crippen LogP contribution in [0.4, 0.5) is 0 Å². The van der Waals surface area contributed by atoms with E-state index in [4.69, 9.17) is 4.42 Å². The van der Waals surface area contributed by atoms with Crippen LogP contribution in [0.15, 0.2) is 34.0 Å². The maximum absolute atomic E-state index is 12.1. The molecule has 1 aromatic carbocycles. The standard InChI is InChI=1S/C22H27N3O2S/c1-13(2)11-25-21(19-8-7-9-27-19)23-24-22(25)28-12-18-14(3)10-15(4)20(16(18)5)17(6)26/h7-10,13H,11-12H2,1-6H3. The van der Waals surface area contributed by atoms with Gasteiger partial charge in [0.2, 0.25) is 0 Å². The Morgan fingerprint density at radius 3 is 2.57 bits per heavy atom. The lowest BCUT2D eigenvalue weighted by molar-refractivity contribution is 0.101. The number of carbonyl (C=O) groups is 1. The summed E-state index contributed by atoms with van der Waals surface area (Å²) in [6.45, 7) is 12.9. The van der Waals surface area contributed by atoms with E-state index < -0.39 is 0 Å². The summed E-state index contributed by atoms with van der Waals surface area (Å²) in [6, 6.07) is 5.87. The van der Waals surface area contributed by atoms with Gasteiger partial charge < -0.3 is 4.42 Å². The lowest BCUT2D eigenvalue weighted by Gasteiger charge is -2.16. The van der Waals surface area contributed by atoms with E-state index >= 15 is 0 Å². The second-order valence-electron chi connectivity index (χ2n) is 7.62. The average molecular weight is 398 g/mol. The Morgan fingerprint density at radius 1 is 1.21 bits per heavy atom. The summed E-state index contributed by atoms with van der Waals surface area (Å²) in [5, 5.41) is 9.66. The first-order chi connectivity index (χ1) is 13.3. The third-order valence-electron chi connectivity index (χ3n) is 4.83. The van der Waals surface area contributed by atoms with Crippen LogP contribution in [0.2, 0.25) is 0 Å². The molecule has 0 radical (unpaired) electrons. The molecule has 148 valence electrons. The fourth-order valence-corrected chi connectivity index (χ4v) is 4.77. The van der Waals surface area contributed by atoms with Crippen LogP contribution >= 0.6 is 11.8 Å². The Kier molecular flexibility index (Phi) is 6.08. The van der Waals surface area contributed by atoms with Crippen molar-refractivity contribution in [1.82, 2.24) is 14.8 Å². The third-order valence-corrected chi connectivity index (χ3v) is 5.83. The smallest absolute Gasteiger partial charge is 0.200 e. The molecule has 28 heavy (non-hydrogen) atoms. The highest BCUT2D eigenvalue weighted by atomic mass is 32.2. The number of rotatable bonds is 7. The number of aromatic nitrogens is 3. The van der Waals surface area contributed by atoms with Crippen molar-refractivity contribution in [2.24, 2.45) is 5.92 Å². The van der Waals surface area contributed by atoms with Gasteiger partial charge in [-0.2, -0.15) is 0 Å². The van der Waals surface area contributed by atoms with E-state index in [-0.39, 0.29) is 5.78 Å². The van der Waals surface area contributed by atoms with Crippen LogP contribution in [0.5, 0.6) is 0 Å². The number of hydrogen-bond donors (Lipinski definition) is 0. The van der Waals surface area contributed by atoms with E-state index in [0.717, 1.165) is 45.7 Å². The summed E-state index contributed by atoms with van der Waals surface area (Å²) in [7, 11) is 0. The molecule has 0 atom stereocenters. The summed E-state index contributed by atoms with van der Waals surface area (Å²) in [6.07, 6.45) is 1.65. The second kappa shape index (κ2) is 8.35. The number of ketones is 1. The molecule has 0 saturated heterocycles. The van der Waals surface area contributed by atoms with Crippen molar-refractivity contribution in [2.75, 3.05) is 0 Å². The van der Waals surface area contributed by atoms with E-state index in [1.807, 2.05) is 26.0 Å². The molecule has 0 saturated carbocycles. The number of nitrogens with zero attached hydrogens (tertiary/aromatic N) is 3. The van der Waals surface area contributed by atoms with Crippen molar-refractivity contribution in [2.45, 2.75) is 59.0 Å². The van der Waals surface area contributed by atoms with Crippen LogP contribution in [0.25, 0.3) is 11.6 Å². The lowest BCUT2D eigenvalue weighted by Crippen LogP contribution is -2.08. The number of thioether (sulfide) groups is 1. The summed E-state index contributed by atoms with van der Waals surface area (Å²) in [4.78, 5) is 12.1. The minimum Gasteiger partial charge on any atom is -0.461 e. The number of Topliss-reactive ketones (excluding diaryl/α,β-unsaturated/α-hetero) is 1. The fraction of sp³-hybridized carbons (Fsp3) is 0.409. The normalized spacial score (nSPS) is 11.4. The number of hydrogen-bond acceptors (Lipinski definition) is 5. The van der Waals surface area contributed by atoms with Gasteiger partial charge in [0.05, 0.1) is 6.26 Å². The molecule has 0 aliphatic carbocycles. The molecule has 0 aliphatic heterocycles. The minimum atomic E-state index is 0.115. The minimum absolute atomic E-state index is 0.115. The summed E-state index contributed by atoms with van der Waals surface area (Å²) < 4.78 is 7.67. The number of aryl methyl sites for hydroxylation is 2. The Labute approximate surface area is 170 Å². The zero-order chi connectivity index (χ0) is 20.4. The van der Waals surface area contributed by atoms with Crippen molar-refractivity contribution < 1.29 is 9.21 Å². The molecular weight excluding hydrogens is 370 g/mol. The van der Waals surface area contributed by atoms with Crippen LogP contribution in [0.1, 0.15) is 53.4 Å².